The van der Waals surface area contributed by atoms with Gasteiger partial charge in [0.25, 0.3) is 0 Å². The number of hydrogen-bond acceptors (Lipinski definition) is 5. The average molecular weight is 259 g/mol. The second kappa shape index (κ2) is 4.92. The highest BCUT2D eigenvalue weighted by atomic mass is 16.1. The maximum absolute atomic E-state index is 11.3. The van der Waals surface area contributed by atoms with Gasteiger partial charge in [-0.15, -0.1) is 0 Å². The predicted octanol–water partition coefficient (Wildman–Crippen LogP) is 0.116. The topological polar surface area (TPSA) is 92.9 Å². The van der Waals surface area contributed by atoms with E-state index < -0.39 is 0 Å². The summed E-state index contributed by atoms with van der Waals surface area (Å²) in [7, 11) is 0. The summed E-state index contributed by atoms with van der Waals surface area (Å²) >= 11 is 0. The molecule has 0 aliphatic rings. The van der Waals surface area contributed by atoms with Gasteiger partial charge in [0.05, 0.1) is 6.33 Å². The molecule has 0 spiro atoms. The molecule has 3 rings (SSSR count). The lowest BCUT2D eigenvalue weighted by molar-refractivity contribution is 0.660. The van der Waals surface area contributed by atoms with Crippen molar-refractivity contribution in [2.45, 2.75) is 13.0 Å². The van der Waals surface area contributed by atoms with Gasteiger partial charge in [0.1, 0.15) is 12.1 Å². The first-order valence-electron chi connectivity index (χ1n) is 5.95. The van der Waals surface area contributed by atoms with Crippen LogP contribution in [0.2, 0.25) is 0 Å². The van der Waals surface area contributed by atoms with Gasteiger partial charge >= 0.3 is 5.69 Å². The third kappa shape index (κ3) is 2.46. The van der Waals surface area contributed by atoms with Crippen LogP contribution in [0.25, 0.3) is 5.65 Å². The highest BCUT2D eigenvalue weighted by Crippen LogP contribution is 2.04. The first-order chi connectivity index (χ1) is 9.33. The molecule has 0 radical (unpaired) electrons. The van der Waals surface area contributed by atoms with E-state index in [1.54, 1.807) is 18.6 Å². The molecular formula is C11H13N7O. The zero-order valence-corrected chi connectivity index (χ0v) is 10.2. The number of rotatable bonds is 5. The molecule has 0 amide bonds. The molecule has 0 fully saturated rings. The van der Waals surface area contributed by atoms with Gasteiger partial charge in [-0.05, 0) is 6.42 Å². The van der Waals surface area contributed by atoms with Crippen molar-refractivity contribution in [3.63, 3.8) is 0 Å². The van der Waals surface area contributed by atoms with Crippen molar-refractivity contribution >= 4 is 11.5 Å². The van der Waals surface area contributed by atoms with Crippen LogP contribution >= 0.6 is 0 Å². The van der Waals surface area contributed by atoms with Gasteiger partial charge in [-0.25, -0.2) is 24.3 Å². The summed E-state index contributed by atoms with van der Waals surface area (Å²) in [6, 6.07) is 1.73. The molecule has 8 heteroatoms. The molecule has 0 saturated heterocycles. The van der Waals surface area contributed by atoms with Crippen LogP contribution in [0, 0.1) is 0 Å². The van der Waals surface area contributed by atoms with Crippen molar-refractivity contribution in [3.8, 4) is 0 Å². The van der Waals surface area contributed by atoms with Crippen LogP contribution in [0.5, 0.6) is 0 Å². The van der Waals surface area contributed by atoms with Crippen molar-refractivity contribution in [1.29, 1.82) is 0 Å². The van der Waals surface area contributed by atoms with Gasteiger partial charge in [0.15, 0.2) is 5.65 Å². The van der Waals surface area contributed by atoms with E-state index in [9.17, 15) is 4.79 Å². The van der Waals surface area contributed by atoms with Crippen LogP contribution in [-0.2, 0) is 6.54 Å². The predicted molar refractivity (Wildman–Crippen MR) is 68.9 cm³/mol. The third-order valence-corrected chi connectivity index (χ3v) is 2.77. The van der Waals surface area contributed by atoms with E-state index in [4.69, 9.17) is 0 Å². The fraction of sp³-hybridized carbons (Fsp3) is 0.273. The molecule has 8 nitrogen and oxygen atoms in total. The molecule has 0 aliphatic carbocycles. The molecule has 0 atom stereocenters. The van der Waals surface area contributed by atoms with Gasteiger partial charge < -0.3 is 9.88 Å². The smallest absolute Gasteiger partial charge is 0.348 e. The van der Waals surface area contributed by atoms with Gasteiger partial charge in [-0.3, -0.25) is 0 Å². The second-order valence-corrected chi connectivity index (χ2v) is 4.11. The first kappa shape index (κ1) is 11.5. The number of anilines is 1. The summed E-state index contributed by atoms with van der Waals surface area (Å²) in [6.45, 7) is 1.69. The number of H-pyrrole nitrogens is 1. The van der Waals surface area contributed by atoms with Crippen molar-refractivity contribution < 1.29 is 0 Å². The minimum absolute atomic E-state index is 0.283. The van der Waals surface area contributed by atoms with E-state index in [1.807, 2.05) is 10.8 Å². The molecule has 3 aromatic heterocycles. The number of aromatic nitrogens is 6. The Labute approximate surface area is 108 Å². The monoisotopic (exact) mass is 259 g/mol. The normalized spacial score (nSPS) is 10.9. The number of aryl methyl sites for hydroxylation is 1. The molecular weight excluding hydrogens is 246 g/mol. The summed E-state index contributed by atoms with van der Waals surface area (Å²) in [5.41, 5.74) is 0.270. The Kier molecular flexibility index (Phi) is 2.97. The van der Waals surface area contributed by atoms with E-state index in [2.05, 4.69) is 25.5 Å². The lowest BCUT2D eigenvalue weighted by Gasteiger charge is -2.05. The number of nitrogens with zero attached hydrogens (tertiary/aromatic N) is 5. The Morgan fingerprint density at radius 2 is 2.32 bits per heavy atom. The van der Waals surface area contributed by atoms with Crippen LogP contribution in [-0.4, -0.2) is 35.7 Å². The molecule has 2 N–H and O–H groups in total. The molecule has 3 heterocycles. The summed E-state index contributed by atoms with van der Waals surface area (Å²) < 4.78 is 3.38. The molecule has 98 valence electrons. The summed E-state index contributed by atoms with van der Waals surface area (Å²) in [5, 5.41) is 9.44. The van der Waals surface area contributed by atoms with Gasteiger partial charge in [0.2, 0.25) is 0 Å². The third-order valence-electron chi connectivity index (χ3n) is 2.77. The molecule has 19 heavy (non-hydrogen) atoms. The van der Waals surface area contributed by atoms with E-state index in [0.29, 0.717) is 11.5 Å². The molecule has 0 aliphatic heterocycles. The molecule has 0 unspecified atom stereocenters. The summed E-state index contributed by atoms with van der Waals surface area (Å²) in [4.78, 5) is 19.4. The lowest BCUT2D eigenvalue weighted by Crippen LogP contribution is -2.11. The van der Waals surface area contributed by atoms with Crippen molar-refractivity contribution in [2.75, 3.05) is 11.9 Å². The first-order valence-corrected chi connectivity index (χ1v) is 5.95. The van der Waals surface area contributed by atoms with E-state index in [-0.39, 0.29) is 5.69 Å². The Balaban J connectivity index is 1.58. The SMILES string of the molecule is O=c1[nH]nc2cc(NCCCn3ccnc3)ncn12. The van der Waals surface area contributed by atoms with E-state index in [0.717, 1.165) is 19.5 Å². The zero-order chi connectivity index (χ0) is 13.1. The fourth-order valence-corrected chi connectivity index (χ4v) is 1.80. The number of imidazole rings is 1. The minimum atomic E-state index is -0.283. The summed E-state index contributed by atoms with van der Waals surface area (Å²) in [6.07, 6.45) is 7.90. The number of aromatic amines is 1. The van der Waals surface area contributed by atoms with Gasteiger partial charge in [0, 0.05) is 31.5 Å². The van der Waals surface area contributed by atoms with Crippen LogP contribution in [0.4, 0.5) is 5.82 Å². The average Bonchev–Trinajstić information content (AvgIpc) is 3.05. The Morgan fingerprint density at radius 3 is 3.16 bits per heavy atom. The van der Waals surface area contributed by atoms with Crippen molar-refractivity contribution in [3.05, 3.63) is 41.6 Å². The molecule has 3 aromatic rings. The van der Waals surface area contributed by atoms with Crippen LogP contribution in [0.15, 0.2) is 35.9 Å². The lowest BCUT2D eigenvalue weighted by atomic mass is 10.4. The Bertz CT molecular complexity index is 712. The van der Waals surface area contributed by atoms with Crippen LogP contribution < -0.4 is 11.0 Å². The number of nitrogens with one attached hydrogen (secondary N) is 2. The fourth-order valence-electron chi connectivity index (χ4n) is 1.80. The van der Waals surface area contributed by atoms with Gasteiger partial charge in [-0.2, -0.15) is 5.10 Å². The van der Waals surface area contributed by atoms with E-state index in [1.165, 1.54) is 10.7 Å². The van der Waals surface area contributed by atoms with Crippen molar-refractivity contribution in [1.82, 2.24) is 29.1 Å². The van der Waals surface area contributed by atoms with Crippen LogP contribution in [0.3, 0.4) is 0 Å². The van der Waals surface area contributed by atoms with E-state index >= 15 is 0 Å². The zero-order valence-electron chi connectivity index (χ0n) is 10.2. The Morgan fingerprint density at radius 1 is 1.37 bits per heavy atom. The molecule has 0 saturated carbocycles. The second-order valence-electron chi connectivity index (χ2n) is 4.11. The maximum atomic E-state index is 11.3. The standard InChI is InChI=1S/C11H13N7O/c19-11-16-15-10-6-9(14-8-18(10)11)13-2-1-4-17-5-3-12-7-17/h3,5-8,13H,1-2,4H2,(H,16,19). The Hall–Kier alpha value is -2.64. The number of hydrogen-bond donors (Lipinski definition) is 2. The molecule has 0 bridgehead atoms. The minimum Gasteiger partial charge on any atom is -0.370 e. The highest BCUT2D eigenvalue weighted by molar-refractivity contribution is 5.48. The largest absolute Gasteiger partial charge is 0.370 e. The summed E-state index contributed by atoms with van der Waals surface area (Å²) in [5.74, 6) is 0.706. The highest BCUT2D eigenvalue weighted by Gasteiger charge is 2.01. The molecule has 0 aromatic carbocycles. The van der Waals surface area contributed by atoms with Gasteiger partial charge in [-0.1, -0.05) is 0 Å². The quantitative estimate of drug-likeness (QED) is 0.635. The number of fused-ring (bicyclic) bond motifs is 1. The van der Waals surface area contributed by atoms with Crippen molar-refractivity contribution in [2.24, 2.45) is 0 Å². The maximum Gasteiger partial charge on any atom is 0.348 e. The van der Waals surface area contributed by atoms with Crippen LogP contribution in [0.1, 0.15) is 6.42 Å².